The quantitative estimate of drug-likeness (QED) is 0.801. The molecular weight excluding hydrogens is 290 g/mol. The van der Waals surface area contributed by atoms with Crippen LogP contribution in [0.3, 0.4) is 0 Å². The van der Waals surface area contributed by atoms with Gasteiger partial charge in [-0.1, -0.05) is 37.6 Å². The van der Waals surface area contributed by atoms with Crippen molar-refractivity contribution in [3.63, 3.8) is 0 Å². The van der Waals surface area contributed by atoms with E-state index in [2.05, 4.69) is 5.32 Å². The van der Waals surface area contributed by atoms with Crippen LogP contribution in [0.4, 0.5) is 5.69 Å². The molecule has 23 heavy (non-hydrogen) atoms. The Balaban J connectivity index is 1.93. The fourth-order valence-corrected chi connectivity index (χ4v) is 2.74. The lowest BCUT2D eigenvalue weighted by Crippen LogP contribution is -2.21. The van der Waals surface area contributed by atoms with E-state index >= 15 is 0 Å². The number of nitrogens with one attached hydrogen (secondary N) is 1. The summed E-state index contributed by atoms with van der Waals surface area (Å²) in [5.41, 5.74) is 2.14. The highest BCUT2D eigenvalue weighted by Crippen LogP contribution is 2.29. The van der Waals surface area contributed by atoms with Gasteiger partial charge in [-0.15, -0.1) is 0 Å². The molecule has 0 spiro atoms. The number of hydrogen-bond donors (Lipinski definition) is 1. The first-order chi connectivity index (χ1) is 11.1. The molecule has 0 bridgehead atoms. The van der Waals surface area contributed by atoms with Gasteiger partial charge in [0.1, 0.15) is 0 Å². The summed E-state index contributed by atoms with van der Waals surface area (Å²) in [5.74, 6) is -0.416. The Hall–Kier alpha value is -2.75. The van der Waals surface area contributed by atoms with Crippen LogP contribution in [0.15, 0.2) is 42.5 Å². The van der Waals surface area contributed by atoms with E-state index in [4.69, 9.17) is 0 Å². The van der Waals surface area contributed by atoms with Gasteiger partial charge in [0.25, 0.3) is 0 Å². The molecule has 0 saturated carbocycles. The second kappa shape index (κ2) is 6.16. The van der Waals surface area contributed by atoms with Gasteiger partial charge < -0.3 is 5.32 Å². The molecular formula is C19H17NO3. The van der Waals surface area contributed by atoms with Crippen molar-refractivity contribution in [1.82, 2.24) is 0 Å². The van der Waals surface area contributed by atoms with Gasteiger partial charge in [0.05, 0.1) is 0 Å². The number of unbranched alkanes of at least 4 members (excludes halogenated alkanes) is 1. The molecule has 1 aliphatic carbocycles. The van der Waals surface area contributed by atoms with Gasteiger partial charge in [-0.3, -0.25) is 14.4 Å². The van der Waals surface area contributed by atoms with Crippen LogP contribution in [-0.2, 0) is 4.79 Å². The lowest BCUT2D eigenvalue weighted by atomic mass is 9.84. The van der Waals surface area contributed by atoms with Crippen molar-refractivity contribution in [3.05, 3.63) is 64.7 Å². The largest absolute Gasteiger partial charge is 0.326 e. The van der Waals surface area contributed by atoms with Crippen molar-refractivity contribution in [2.75, 3.05) is 5.32 Å². The Morgan fingerprint density at radius 3 is 2.17 bits per heavy atom. The van der Waals surface area contributed by atoms with Crippen LogP contribution < -0.4 is 5.32 Å². The van der Waals surface area contributed by atoms with E-state index < -0.39 is 0 Å². The van der Waals surface area contributed by atoms with Gasteiger partial charge >= 0.3 is 0 Å². The molecule has 0 atom stereocenters. The van der Waals surface area contributed by atoms with E-state index in [1.165, 1.54) is 0 Å². The van der Waals surface area contributed by atoms with Gasteiger partial charge in [-0.25, -0.2) is 0 Å². The molecule has 2 aromatic carbocycles. The van der Waals surface area contributed by atoms with E-state index in [-0.39, 0.29) is 17.5 Å². The van der Waals surface area contributed by atoms with E-state index in [1.807, 2.05) is 6.92 Å². The number of amides is 1. The van der Waals surface area contributed by atoms with Gasteiger partial charge in [0.15, 0.2) is 11.6 Å². The predicted molar refractivity (Wildman–Crippen MR) is 87.9 cm³/mol. The third-order valence-electron chi connectivity index (χ3n) is 3.97. The average molecular weight is 307 g/mol. The minimum atomic E-state index is -0.181. The van der Waals surface area contributed by atoms with E-state index in [0.717, 1.165) is 12.8 Å². The summed E-state index contributed by atoms with van der Waals surface area (Å²) in [6.45, 7) is 2.02. The molecule has 0 radical (unpaired) electrons. The Morgan fingerprint density at radius 2 is 1.52 bits per heavy atom. The Kier molecular flexibility index (Phi) is 4.06. The number of carbonyl (C=O) groups excluding carboxylic acids is 3. The number of benzene rings is 2. The third kappa shape index (κ3) is 2.80. The highest BCUT2D eigenvalue weighted by Gasteiger charge is 2.29. The molecule has 0 fully saturated rings. The van der Waals surface area contributed by atoms with E-state index in [9.17, 15) is 14.4 Å². The maximum absolute atomic E-state index is 12.6. The minimum absolute atomic E-state index is 0.0817. The topological polar surface area (TPSA) is 63.2 Å². The maximum Gasteiger partial charge on any atom is 0.224 e. The summed E-state index contributed by atoms with van der Waals surface area (Å²) >= 11 is 0. The number of ketones is 2. The van der Waals surface area contributed by atoms with E-state index in [0.29, 0.717) is 34.4 Å². The zero-order valence-corrected chi connectivity index (χ0v) is 12.9. The summed E-state index contributed by atoms with van der Waals surface area (Å²) in [6, 6.07) is 11.7. The van der Waals surface area contributed by atoms with Crippen LogP contribution >= 0.6 is 0 Å². The van der Waals surface area contributed by atoms with E-state index in [1.54, 1.807) is 42.5 Å². The summed E-state index contributed by atoms with van der Waals surface area (Å²) in [6.07, 6.45) is 2.21. The van der Waals surface area contributed by atoms with Crippen molar-refractivity contribution in [2.24, 2.45) is 0 Å². The first kappa shape index (κ1) is 15.2. The number of carbonyl (C=O) groups is 3. The molecule has 0 aromatic heterocycles. The monoisotopic (exact) mass is 307 g/mol. The standard InChI is InChI=1S/C19H17NO3/c1-2-3-8-17(21)20-12-9-10-15-16(11-12)19(23)14-7-5-4-6-13(14)18(15)22/h4-7,9-11H,2-3,8H2,1H3,(H,20,21). The molecule has 4 heteroatoms. The zero-order valence-electron chi connectivity index (χ0n) is 12.9. The number of fused-ring (bicyclic) bond motifs is 2. The first-order valence-electron chi connectivity index (χ1n) is 7.74. The first-order valence-corrected chi connectivity index (χ1v) is 7.74. The van der Waals surface area contributed by atoms with Crippen LogP contribution in [0.5, 0.6) is 0 Å². The number of anilines is 1. The van der Waals surface area contributed by atoms with Gasteiger partial charge in [-0.2, -0.15) is 0 Å². The average Bonchev–Trinajstić information content (AvgIpc) is 2.58. The fraction of sp³-hybridized carbons (Fsp3) is 0.211. The van der Waals surface area contributed by atoms with Crippen molar-refractivity contribution in [3.8, 4) is 0 Å². The summed E-state index contributed by atoms with van der Waals surface area (Å²) in [5, 5.41) is 2.78. The smallest absolute Gasteiger partial charge is 0.224 e. The van der Waals surface area contributed by atoms with Gasteiger partial charge in [0.2, 0.25) is 5.91 Å². The Morgan fingerprint density at radius 1 is 0.913 bits per heavy atom. The second-order valence-corrected chi connectivity index (χ2v) is 5.62. The van der Waals surface area contributed by atoms with Crippen molar-refractivity contribution >= 4 is 23.2 Å². The summed E-state index contributed by atoms with van der Waals surface area (Å²) in [7, 11) is 0. The molecule has 0 unspecified atom stereocenters. The number of rotatable bonds is 4. The predicted octanol–water partition coefficient (Wildman–Crippen LogP) is 3.59. The van der Waals surface area contributed by atoms with Crippen LogP contribution in [0.2, 0.25) is 0 Å². The second-order valence-electron chi connectivity index (χ2n) is 5.62. The molecule has 1 N–H and O–H groups in total. The molecule has 116 valence electrons. The molecule has 3 rings (SSSR count). The van der Waals surface area contributed by atoms with Gasteiger partial charge in [-0.05, 0) is 24.6 Å². The third-order valence-corrected chi connectivity index (χ3v) is 3.97. The molecule has 0 aliphatic heterocycles. The summed E-state index contributed by atoms with van der Waals surface area (Å²) in [4.78, 5) is 36.9. The molecule has 1 amide bonds. The highest BCUT2D eigenvalue weighted by atomic mass is 16.2. The fourth-order valence-electron chi connectivity index (χ4n) is 2.74. The molecule has 1 aliphatic rings. The SMILES string of the molecule is CCCCC(=O)Nc1ccc2c(c1)C(=O)c1ccccc1C2=O. The van der Waals surface area contributed by atoms with Crippen molar-refractivity contribution in [1.29, 1.82) is 0 Å². The summed E-state index contributed by atoms with van der Waals surface area (Å²) < 4.78 is 0. The lowest BCUT2D eigenvalue weighted by Gasteiger charge is -2.18. The highest BCUT2D eigenvalue weighted by molar-refractivity contribution is 6.28. The van der Waals surface area contributed by atoms with Crippen LogP contribution in [0.1, 0.15) is 58.0 Å². The molecule has 0 saturated heterocycles. The molecule has 2 aromatic rings. The van der Waals surface area contributed by atoms with Crippen molar-refractivity contribution in [2.45, 2.75) is 26.2 Å². The minimum Gasteiger partial charge on any atom is -0.326 e. The Bertz CT molecular complexity index is 808. The van der Waals surface area contributed by atoms with Gasteiger partial charge in [0, 0.05) is 34.4 Å². The van der Waals surface area contributed by atoms with Crippen molar-refractivity contribution < 1.29 is 14.4 Å². The maximum atomic E-state index is 12.6. The zero-order chi connectivity index (χ0) is 16.4. The molecule has 0 heterocycles. The molecule has 4 nitrogen and oxygen atoms in total. The van der Waals surface area contributed by atoms with Crippen LogP contribution in [0.25, 0.3) is 0 Å². The number of hydrogen-bond acceptors (Lipinski definition) is 3. The normalized spacial score (nSPS) is 12.6. The Labute approximate surface area is 134 Å². The van der Waals surface area contributed by atoms with Crippen LogP contribution in [0, 0.1) is 0 Å². The van der Waals surface area contributed by atoms with Crippen LogP contribution in [-0.4, -0.2) is 17.5 Å². The lowest BCUT2D eigenvalue weighted by molar-refractivity contribution is -0.116.